The van der Waals surface area contributed by atoms with Crippen molar-refractivity contribution in [3.8, 4) is 0 Å². The molecule has 5 heteroatoms. The van der Waals surface area contributed by atoms with Gasteiger partial charge in [0.1, 0.15) is 5.82 Å². The fourth-order valence-electron chi connectivity index (χ4n) is 2.55. The number of hydrogen-bond acceptors (Lipinski definition) is 4. The third-order valence-corrected chi connectivity index (χ3v) is 3.55. The first kappa shape index (κ1) is 10.2. The number of fused-ring (bicyclic) bond motifs is 1. The summed E-state index contributed by atoms with van der Waals surface area (Å²) in [5.41, 5.74) is 2.60. The van der Waals surface area contributed by atoms with E-state index in [1.807, 2.05) is 0 Å². The van der Waals surface area contributed by atoms with Crippen LogP contribution in [0.3, 0.4) is 0 Å². The molecule has 1 aromatic heterocycles. The number of aromatic amines is 1. The van der Waals surface area contributed by atoms with Gasteiger partial charge in [-0.3, -0.25) is 0 Å². The van der Waals surface area contributed by atoms with E-state index in [0.29, 0.717) is 4.77 Å². The van der Waals surface area contributed by atoms with Crippen LogP contribution in [0.2, 0.25) is 0 Å². The molecular weight excluding hydrogens is 220 g/mol. The largest absolute Gasteiger partial charge is 0.356 e. The molecule has 2 aliphatic heterocycles. The molecule has 0 aliphatic carbocycles. The Labute approximate surface area is 100 Å². The minimum atomic E-state index is 0.627. The molecule has 0 amide bonds. The maximum atomic E-state index is 5.21. The zero-order chi connectivity index (χ0) is 11.0. The molecule has 3 rings (SSSR count). The lowest BCUT2D eigenvalue weighted by Gasteiger charge is -2.24. The van der Waals surface area contributed by atoms with Crippen molar-refractivity contribution >= 4 is 18.0 Å². The Kier molecular flexibility index (Phi) is 2.65. The van der Waals surface area contributed by atoms with Gasteiger partial charge in [-0.15, -0.1) is 0 Å². The molecule has 0 saturated carbocycles. The molecule has 0 unspecified atom stereocenters. The number of rotatable bonds is 1. The van der Waals surface area contributed by atoms with Crippen LogP contribution in [-0.4, -0.2) is 29.6 Å². The van der Waals surface area contributed by atoms with E-state index < -0.39 is 0 Å². The quantitative estimate of drug-likeness (QED) is 0.723. The van der Waals surface area contributed by atoms with Crippen molar-refractivity contribution in [3.05, 3.63) is 16.0 Å². The zero-order valence-electron chi connectivity index (χ0n) is 9.25. The van der Waals surface area contributed by atoms with Crippen molar-refractivity contribution in [1.82, 2.24) is 15.3 Å². The smallest absolute Gasteiger partial charge is 0.198 e. The van der Waals surface area contributed by atoms with E-state index in [2.05, 4.69) is 20.2 Å². The normalized spacial score (nSPS) is 19.9. The average molecular weight is 236 g/mol. The summed E-state index contributed by atoms with van der Waals surface area (Å²) in [6.45, 7) is 4.19. The average Bonchev–Trinajstić information content (AvgIpc) is 2.81. The van der Waals surface area contributed by atoms with E-state index in [0.717, 1.165) is 38.4 Å². The molecule has 16 heavy (non-hydrogen) atoms. The lowest BCUT2D eigenvalue weighted by atomic mass is 10.1. The highest BCUT2D eigenvalue weighted by Gasteiger charge is 2.21. The highest BCUT2D eigenvalue weighted by atomic mass is 32.1. The van der Waals surface area contributed by atoms with Crippen molar-refractivity contribution < 1.29 is 0 Å². The van der Waals surface area contributed by atoms with Gasteiger partial charge in [0.2, 0.25) is 0 Å². The maximum Gasteiger partial charge on any atom is 0.198 e. The first-order valence-electron chi connectivity index (χ1n) is 5.92. The maximum absolute atomic E-state index is 5.21. The Morgan fingerprint density at radius 3 is 2.88 bits per heavy atom. The number of H-pyrrole nitrogens is 1. The lowest BCUT2D eigenvalue weighted by Crippen LogP contribution is -2.29. The van der Waals surface area contributed by atoms with Crippen LogP contribution in [0.25, 0.3) is 0 Å². The van der Waals surface area contributed by atoms with Crippen LogP contribution >= 0.6 is 12.2 Å². The van der Waals surface area contributed by atoms with Crippen LogP contribution in [0.4, 0.5) is 5.82 Å². The molecule has 2 aliphatic rings. The van der Waals surface area contributed by atoms with Gasteiger partial charge in [-0.1, -0.05) is 0 Å². The molecule has 1 aromatic rings. The number of anilines is 1. The second-order valence-corrected chi connectivity index (χ2v) is 4.83. The SMILES string of the molecule is S=c1nc(N2CCCC2)c2c([nH]1)CCNC2. The van der Waals surface area contributed by atoms with Crippen molar-refractivity contribution in [2.24, 2.45) is 0 Å². The van der Waals surface area contributed by atoms with Gasteiger partial charge < -0.3 is 15.2 Å². The highest BCUT2D eigenvalue weighted by Crippen LogP contribution is 2.25. The number of aromatic nitrogens is 2. The molecular formula is C11H16N4S. The van der Waals surface area contributed by atoms with E-state index in [-0.39, 0.29) is 0 Å². The summed E-state index contributed by atoms with van der Waals surface area (Å²) in [6, 6.07) is 0. The topological polar surface area (TPSA) is 44.0 Å². The fraction of sp³-hybridized carbons (Fsp3) is 0.636. The molecule has 4 nitrogen and oxygen atoms in total. The molecule has 0 aromatic carbocycles. The predicted molar refractivity (Wildman–Crippen MR) is 66.3 cm³/mol. The van der Waals surface area contributed by atoms with E-state index in [4.69, 9.17) is 12.2 Å². The van der Waals surface area contributed by atoms with Gasteiger partial charge >= 0.3 is 0 Å². The van der Waals surface area contributed by atoms with E-state index >= 15 is 0 Å². The van der Waals surface area contributed by atoms with Gasteiger partial charge in [0.15, 0.2) is 4.77 Å². The van der Waals surface area contributed by atoms with Crippen LogP contribution in [0.5, 0.6) is 0 Å². The number of hydrogen-bond donors (Lipinski definition) is 2. The van der Waals surface area contributed by atoms with Gasteiger partial charge in [-0.25, -0.2) is 4.98 Å². The summed E-state index contributed by atoms with van der Waals surface area (Å²) in [6.07, 6.45) is 3.58. The lowest BCUT2D eigenvalue weighted by molar-refractivity contribution is 0.622. The van der Waals surface area contributed by atoms with Gasteiger partial charge in [0.05, 0.1) is 0 Å². The standard InChI is InChI=1S/C11H16N4S/c16-11-13-9-3-4-12-7-8(9)10(14-11)15-5-1-2-6-15/h12H,1-7H2,(H,13,14,16). The molecule has 0 spiro atoms. The zero-order valence-corrected chi connectivity index (χ0v) is 10.1. The van der Waals surface area contributed by atoms with Crippen LogP contribution in [0.15, 0.2) is 0 Å². The Bertz CT molecular complexity index is 448. The Hall–Kier alpha value is -0.940. The minimum absolute atomic E-state index is 0.627. The first-order chi connectivity index (χ1) is 7.84. The van der Waals surface area contributed by atoms with Gasteiger partial charge in [-0.2, -0.15) is 0 Å². The molecule has 2 N–H and O–H groups in total. The highest BCUT2D eigenvalue weighted by molar-refractivity contribution is 7.71. The molecule has 0 radical (unpaired) electrons. The summed E-state index contributed by atoms with van der Waals surface area (Å²) in [5, 5.41) is 3.40. The Balaban J connectivity index is 2.08. The second kappa shape index (κ2) is 4.14. The fourth-order valence-corrected chi connectivity index (χ4v) is 2.76. The first-order valence-corrected chi connectivity index (χ1v) is 6.33. The molecule has 0 atom stereocenters. The molecule has 1 fully saturated rings. The van der Waals surface area contributed by atoms with E-state index in [9.17, 15) is 0 Å². The predicted octanol–water partition coefficient (Wildman–Crippen LogP) is 1.39. The monoisotopic (exact) mass is 236 g/mol. The van der Waals surface area contributed by atoms with Crippen LogP contribution < -0.4 is 10.2 Å². The Morgan fingerprint density at radius 2 is 2.06 bits per heavy atom. The van der Waals surface area contributed by atoms with Crippen LogP contribution in [-0.2, 0) is 13.0 Å². The third kappa shape index (κ3) is 1.74. The van der Waals surface area contributed by atoms with Crippen molar-refractivity contribution in [3.63, 3.8) is 0 Å². The Morgan fingerprint density at radius 1 is 1.25 bits per heavy atom. The van der Waals surface area contributed by atoms with E-state index in [1.165, 1.54) is 24.1 Å². The van der Waals surface area contributed by atoms with Crippen LogP contribution in [0, 0.1) is 4.77 Å². The summed E-state index contributed by atoms with van der Waals surface area (Å²) in [5.74, 6) is 1.11. The minimum Gasteiger partial charge on any atom is -0.356 e. The number of nitrogens with one attached hydrogen (secondary N) is 2. The molecule has 0 bridgehead atoms. The van der Waals surface area contributed by atoms with Crippen LogP contribution in [0.1, 0.15) is 24.1 Å². The summed E-state index contributed by atoms with van der Waals surface area (Å²) in [7, 11) is 0. The van der Waals surface area contributed by atoms with Gasteiger partial charge in [0.25, 0.3) is 0 Å². The second-order valence-electron chi connectivity index (χ2n) is 4.44. The van der Waals surface area contributed by atoms with Crippen molar-refractivity contribution in [2.45, 2.75) is 25.8 Å². The summed E-state index contributed by atoms with van der Waals surface area (Å²) < 4.78 is 0.627. The summed E-state index contributed by atoms with van der Waals surface area (Å²) in [4.78, 5) is 10.1. The van der Waals surface area contributed by atoms with Gasteiger partial charge in [0, 0.05) is 43.9 Å². The molecule has 86 valence electrons. The number of nitrogens with zero attached hydrogens (tertiary/aromatic N) is 2. The summed E-state index contributed by atoms with van der Waals surface area (Å²) >= 11 is 5.21. The molecule has 1 saturated heterocycles. The van der Waals surface area contributed by atoms with Crippen molar-refractivity contribution in [2.75, 3.05) is 24.5 Å². The van der Waals surface area contributed by atoms with E-state index in [1.54, 1.807) is 0 Å². The van der Waals surface area contributed by atoms with Crippen molar-refractivity contribution in [1.29, 1.82) is 0 Å². The van der Waals surface area contributed by atoms with Gasteiger partial charge in [-0.05, 0) is 25.1 Å². The molecule has 3 heterocycles. The third-order valence-electron chi connectivity index (χ3n) is 3.36.